The Kier molecular flexibility index (Phi) is 4.77. The Morgan fingerprint density at radius 2 is 2.11 bits per heavy atom. The highest BCUT2D eigenvalue weighted by Crippen LogP contribution is 2.24. The molecule has 144 valence electrons. The summed E-state index contributed by atoms with van der Waals surface area (Å²) in [6.07, 6.45) is 0.643. The molecular formula is C22H23N3O3. The molecule has 0 aliphatic rings. The molecule has 2 heterocycles. The summed E-state index contributed by atoms with van der Waals surface area (Å²) in [6, 6.07) is 13.4. The number of aromatic amines is 1. The Labute approximate surface area is 163 Å². The summed E-state index contributed by atoms with van der Waals surface area (Å²) in [7, 11) is 1.64. The van der Waals surface area contributed by atoms with Crippen molar-refractivity contribution in [1.82, 2.24) is 14.9 Å². The first-order valence-electron chi connectivity index (χ1n) is 9.40. The lowest BCUT2D eigenvalue weighted by atomic mass is 10.1. The van der Waals surface area contributed by atoms with E-state index >= 15 is 0 Å². The quantitative estimate of drug-likeness (QED) is 0.543. The van der Waals surface area contributed by atoms with E-state index in [4.69, 9.17) is 9.15 Å². The van der Waals surface area contributed by atoms with Gasteiger partial charge in [0.25, 0.3) is 5.91 Å². The summed E-state index contributed by atoms with van der Waals surface area (Å²) >= 11 is 0. The SMILES string of the molecule is CCN(CCc1nc2ccc(OC)cc2[nH]1)C(=O)c1cccc2cc(C)oc12. The third-order valence-corrected chi connectivity index (χ3v) is 4.92. The second kappa shape index (κ2) is 7.38. The second-order valence-electron chi connectivity index (χ2n) is 6.78. The third-order valence-electron chi connectivity index (χ3n) is 4.92. The number of H-pyrrole nitrogens is 1. The predicted molar refractivity (Wildman–Crippen MR) is 109 cm³/mol. The number of para-hydroxylation sites is 1. The van der Waals surface area contributed by atoms with Gasteiger partial charge in [0.2, 0.25) is 0 Å². The van der Waals surface area contributed by atoms with Crippen LogP contribution in [-0.4, -0.2) is 41.0 Å². The third kappa shape index (κ3) is 3.33. The summed E-state index contributed by atoms with van der Waals surface area (Å²) in [4.78, 5) is 22.8. The van der Waals surface area contributed by atoms with Gasteiger partial charge >= 0.3 is 0 Å². The maximum Gasteiger partial charge on any atom is 0.257 e. The van der Waals surface area contributed by atoms with Crippen molar-refractivity contribution in [3.8, 4) is 5.75 Å². The minimum absolute atomic E-state index is 0.0276. The summed E-state index contributed by atoms with van der Waals surface area (Å²) < 4.78 is 11.0. The number of aryl methyl sites for hydroxylation is 1. The number of fused-ring (bicyclic) bond motifs is 2. The second-order valence-corrected chi connectivity index (χ2v) is 6.78. The smallest absolute Gasteiger partial charge is 0.257 e. The summed E-state index contributed by atoms with van der Waals surface area (Å²) in [5.41, 5.74) is 3.07. The van der Waals surface area contributed by atoms with Gasteiger partial charge in [-0.1, -0.05) is 12.1 Å². The molecule has 4 aromatic rings. The number of methoxy groups -OCH3 is 1. The molecule has 1 amide bonds. The monoisotopic (exact) mass is 377 g/mol. The fourth-order valence-electron chi connectivity index (χ4n) is 3.46. The van der Waals surface area contributed by atoms with Crippen molar-refractivity contribution in [2.75, 3.05) is 20.2 Å². The van der Waals surface area contributed by atoms with Gasteiger partial charge in [-0.3, -0.25) is 4.79 Å². The number of likely N-dealkylation sites (N-methyl/N-ethyl adjacent to an activating group) is 1. The first-order chi connectivity index (χ1) is 13.6. The molecule has 4 rings (SSSR count). The number of nitrogens with one attached hydrogen (secondary N) is 1. The molecule has 0 saturated heterocycles. The van der Waals surface area contributed by atoms with Crippen LogP contribution in [0.25, 0.3) is 22.0 Å². The minimum atomic E-state index is -0.0276. The van der Waals surface area contributed by atoms with Crippen LogP contribution in [0, 0.1) is 6.92 Å². The lowest BCUT2D eigenvalue weighted by molar-refractivity contribution is 0.0766. The highest BCUT2D eigenvalue weighted by molar-refractivity contribution is 6.05. The van der Waals surface area contributed by atoms with Crippen LogP contribution in [0.5, 0.6) is 5.75 Å². The van der Waals surface area contributed by atoms with Crippen molar-refractivity contribution in [2.45, 2.75) is 20.3 Å². The summed E-state index contributed by atoms with van der Waals surface area (Å²) in [6.45, 7) is 5.06. The molecule has 6 nitrogen and oxygen atoms in total. The van der Waals surface area contributed by atoms with Crippen LogP contribution in [-0.2, 0) is 6.42 Å². The van der Waals surface area contributed by atoms with Gasteiger partial charge in [-0.05, 0) is 38.1 Å². The fourth-order valence-corrected chi connectivity index (χ4v) is 3.46. The van der Waals surface area contributed by atoms with Crippen LogP contribution in [0.3, 0.4) is 0 Å². The molecule has 1 N–H and O–H groups in total. The normalized spacial score (nSPS) is 11.2. The molecular weight excluding hydrogens is 354 g/mol. The van der Waals surface area contributed by atoms with E-state index in [1.54, 1.807) is 7.11 Å². The maximum absolute atomic E-state index is 13.1. The van der Waals surface area contributed by atoms with Gasteiger partial charge < -0.3 is 19.0 Å². The largest absolute Gasteiger partial charge is 0.497 e. The molecule has 0 saturated carbocycles. The van der Waals surface area contributed by atoms with Gasteiger partial charge in [0.05, 0.1) is 23.7 Å². The minimum Gasteiger partial charge on any atom is -0.497 e. The van der Waals surface area contributed by atoms with E-state index in [9.17, 15) is 4.79 Å². The molecule has 0 bridgehead atoms. The molecule has 0 aliphatic heterocycles. The molecule has 2 aromatic carbocycles. The Morgan fingerprint density at radius 1 is 1.25 bits per heavy atom. The molecule has 6 heteroatoms. The molecule has 2 aromatic heterocycles. The maximum atomic E-state index is 13.1. The van der Waals surface area contributed by atoms with Crippen LogP contribution in [0.4, 0.5) is 0 Å². The van der Waals surface area contributed by atoms with Crippen LogP contribution in [0.15, 0.2) is 46.9 Å². The zero-order valence-corrected chi connectivity index (χ0v) is 16.3. The molecule has 28 heavy (non-hydrogen) atoms. The standard InChI is InChI=1S/C22H23N3O3/c1-4-25(22(26)17-7-5-6-15-12-14(2)28-21(15)17)11-10-20-23-18-9-8-16(27-3)13-19(18)24-20/h5-9,12-13H,4,10-11H2,1-3H3,(H,23,24). The van der Waals surface area contributed by atoms with Crippen LogP contribution >= 0.6 is 0 Å². The number of nitrogens with zero attached hydrogens (tertiary/aromatic N) is 2. The van der Waals surface area contributed by atoms with Gasteiger partial charge in [0, 0.05) is 31.0 Å². The Hall–Kier alpha value is -3.28. The first kappa shape index (κ1) is 18.1. The number of hydrogen-bond acceptors (Lipinski definition) is 4. The Balaban J connectivity index is 1.53. The highest BCUT2D eigenvalue weighted by atomic mass is 16.5. The van der Waals surface area contributed by atoms with E-state index in [1.165, 1.54) is 0 Å². The lowest BCUT2D eigenvalue weighted by Crippen LogP contribution is -2.33. The molecule has 0 spiro atoms. The molecule has 0 fully saturated rings. The number of carbonyl (C=O) groups is 1. The molecule has 0 aliphatic carbocycles. The van der Waals surface area contributed by atoms with E-state index < -0.39 is 0 Å². The van der Waals surface area contributed by atoms with E-state index in [0.717, 1.165) is 33.8 Å². The summed E-state index contributed by atoms with van der Waals surface area (Å²) in [5.74, 6) is 2.41. The van der Waals surface area contributed by atoms with E-state index in [-0.39, 0.29) is 5.91 Å². The number of rotatable bonds is 6. The number of benzene rings is 2. The average molecular weight is 377 g/mol. The van der Waals surface area contributed by atoms with Crippen LogP contribution < -0.4 is 4.74 Å². The Bertz CT molecular complexity index is 1140. The molecule has 0 atom stereocenters. The van der Waals surface area contributed by atoms with E-state index in [2.05, 4.69) is 9.97 Å². The van der Waals surface area contributed by atoms with Gasteiger partial charge in [-0.2, -0.15) is 0 Å². The highest BCUT2D eigenvalue weighted by Gasteiger charge is 2.19. The van der Waals surface area contributed by atoms with Gasteiger partial charge in [0.1, 0.15) is 22.9 Å². The van der Waals surface area contributed by atoms with E-state index in [0.29, 0.717) is 30.7 Å². The summed E-state index contributed by atoms with van der Waals surface area (Å²) in [5, 5.41) is 0.950. The number of carbonyl (C=O) groups excluding carboxylic acids is 1. The number of amides is 1. The van der Waals surface area contributed by atoms with Crippen molar-refractivity contribution < 1.29 is 13.9 Å². The number of imidazole rings is 1. The van der Waals surface area contributed by atoms with Crippen LogP contribution in [0.2, 0.25) is 0 Å². The number of furan rings is 1. The molecule has 0 radical (unpaired) electrons. The fraction of sp³-hybridized carbons (Fsp3) is 0.273. The van der Waals surface area contributed by atoms with Crippen molar-refractivity contribution in [3.05, 3.63) is 59.6 Å². The Morgan fingerprint density at radius 3 is 2.89 bits per heavy atom. The zero-order valence-electron chi connectivity index (χ0n) is 16.3. The van der Waals surface area contributed by atoms with E-state index in [1.807, 2.05) is 61.2 Å². The predicted octanol–water partition coefficient (Wildman–Crippen LogP) is 4.33. The van der Waals surface area contributed by atoms with Gasteiger partial charge in [0.15, 0.2) is 0 Å². The van der Waals surface area contributed by atoms with Crippen molar-refractivity contribution in [2.24, 2.45) is 0 Å². The topological polar surface area (TPSA) is 71.4 Å². The van der Waals surface area contributed by atoms with Gasteiger partial charge in [-0.25, -0.2) is 4.98 Å². The number of aromatic nitrogens is 2. The number of ether oxygens (including phenoxy) is 1. The van der Waals surface area contributed by atoms with Crippen molar-refractivity contribution >= 4 is 27.9 Å². The number of hydrogen-bond donors (Lipinski definition) is 1. The molecule has 0 unspecified atom stereocenters. The van der Waals surface area contributed by atoms with Crippen LogP contribution in [0.1, 0.15) is 28.9 Å². The van der Waals surface area contributed by atoms with Crippen molar-refractivity contribution in [1.29, 1.82) is 0 Å². The average Bonchev–Trinajstić information content (AvgIpc) is 3.28. The van der Waals surface area contributed by atoms with Crippen molar-refractivity contribution in [3.63, 3.8) is 0 Å². The lowest BCUT2D eigenvalue weighted by Gasteiger charge is -2.20. The first-order valence-corrected chi connectivity index (χ1v) is 9.40. The van der Waals surface area contributed by atoms with Gasteiger partial charge in [-0.15, -0.1) is 0 Å². The zero-order chi connectivity index (χ0) is 19.7.